The van der Waals surface area contributed by atoms with Crippen molar-refractivity contribution in [2.45, 2.75) is 12.5 Å². The van der Waals surface area contributed by atoms with E-state index in [9.17, 15) is 8.42 Å². The van der Waals surface area contributed by atoms with E-state index < -0.39 is 10.2 Å². The first kappa shape index (κ1) is 8.92. The highest BCUT2D eigenvalue weighted by atomic mass is 32.2. The molecule has 11 heavy (non-hydrogen) atoms. The summed E-state index contributed by atoms with van der Waals surface area (Å²) in [6.07, 6.45) is 0.840. The monoisotopic (exact) mass is 179 g/mol. The van der Waals surface area contributed by atoms with Gasteiger partial charge in [-0.25, -0.2) is 5.14 Å². The average molecular weight is 179 g/mol. The van der Waals surface area contributed by atoms with Gasteiger partial charge in [-0.05, 0) is 13.5 Å². The Labute approximate surface area is 66.7 Å². The van der Waals surface area contributed by atoms with Crippen molar-refractivity contribution in [1.82, 2.24) is 9.62 Å². The van der Waals surface area contributed by atoms with Gasteiger partial charge >= 0.3 is 0 Å². The molecule has 1 heterocycles. The Morgan fingerprint density at radius 1 is 1.64 bits per heavy atom. The molecule has 0 unspecified atom stereocenters. The predicted octanol–water partition coefficient (Wildman–Crippen LogP) is -1.52. The van der Waals surface area contributed by atoms with Crippen molar-refractivity contribution in [2.75, 3.05) is 20.1 Å². The third kappa shape index (κ3) is 2.13. The Morgan fingerprint density at radius 2 is 2.27 bits per heavy atom. The Bertz CT molecular complexity index is 226. The number of hydrogen-bond acceptors (Lipinski definition) is 3. The summed E-state index contributed by atoms with van der Waals surface area (Å²) < 4.78 is 22.8. The van der Waals surface area contributed by atoms with Gasteiger partial charge in [0.15, 0.2) is 0 Å². The molecule has 0 saturated carbocycles. The van der Waals surface area contributed by atoms with Crippen LogP contribution in [0.2, 0.25) is 0 Å². The number of nitrogens with zero attached hydrogens (tertiary/aromatic N) is 1. The van der Waals surface area contributed by atoms with E-state index in [1.54, 1.807) is 0 Å². The first-order valence-corrected chi connectivity index (χ1v) is 4.99. The van der Waals surface area contributed by atoms with Crippen molar-refractivity contribution in [3.05, 3.63) is 0 Å². The van der Waals surface area contributed by atoms with Crippen LogP contribution in [0.1, 0.15) is 6.42 Å². The number of rotatable bonds is 2. The lowest BCUT2D eigenvalue weighted by Crippen LogP contribution is -2.37. The Balaban J connectivity index is 2.55. The highest BCUT2D eigenvalue weighted by Crippen LogP contribution is 2.10. The number of nitrogens with two attached hydrogens (primary N) is 1. The fourth-order valence-corrected chi connectivity index (χ4v) is 1.94. The van der Waals surface area contributed by atoms with Gasteiger partial charge in [0, 0.05) is 19.1 Å². The molecule has 1 rings (SSSR count). The summed E-state index contributed by atoms with van der Waals surface area (Å²) in [5, 5.41) is 7.93. The number of hydrogen-bond donors (Lipinski definition) is 2. The van der Waals surface area contributed by atoms with Crippen molar-refractivity contribution >= 4 is 10.2 Å². The number of likely N-dealkylation sites (N-methyl/N-ethyl adjacent to an activating group) is 1. The molecule has 0 aromatic heterocycles. The van der Waals surface area contributed by atoms with Crippen LogP contribution in [-0.2, 0) is 10.2 Å². The van der Waals surface area contributed by atoms with Crippen LogP contribution < -0.4 is 10.5 Å². The minimum atomic E-state index is -3.45. The van der Waals surface area contributed by atoms with Gasteiger partial charge in [-0.1, -0.05) is 0 Å². The summed E-state index contributed by atoms with van der Waals surface area (Å²) in [6, 6.07) is 0.258. The van der Waals surface area contributed by atoms with Crippen LogP contribution in [0.5, 0.6) is 0 Å². The lowest BCUT2D eigenvalue weighted by Gasteiger charge is -2.11. The molecule has 1 fully saturated rings. The van der Waals surface area contributed by atoms with Crippen LogP contribution in [0.4, 0.5) is 0 Å². The van der Waals surface area contributed by atoms with Crippen LogP contribution >= 0.6 is 0 Å². The van der Waals surface area contributed by atoms with E-state index >= 15 is 0 Å². The minimum absolute atomic E-state index is 0.258. The molecule has 3 N–H and O–H groups in total. The third-order valence-electron chi connectivity index (χ3n) is 1.92. The lowest BCUT2D eigenvalue weighted by molar-refractivity contribution is 0.466. The molecule has 0 bridgehead atoms. The van der Waals surface area contributed by atoms with Crippen LogP contribution in [0.15, 0.2) is 0 Å². The van der Waals surface area contributed by atoms with Crippen molar-refractivity contribution < 1.29 is 8.42 Å². The second-order valence-electron chi connectivity index (χ2n) is 2.68. The second kappa shape index (κ2) is 3.06. The molecule has 1 aliphatic rings. The summed E-state index contributed by atoms with van der Waals surface area (Å²) in [5.74, 6) is 0. The molecule has 0 aliphatic carbocycles. The highest BCUT2D eigenvalue weighted by Gasteiger charge is 2.27. The van der Waals surface area contributed by atoms with E-state index in [0.717, 1.165) is 6.42 Å². The topological polar surface area (TPSA) is 75.4 Å². The predicted molar refractivity (Wildman–Crippen MR) is 42.1 cm³/mol. The largest absolute Gasteiger partial charge is 0.316 e. The molecule has 5 nitrogen and oxygen atoms in total. The van der Waals surface area contributed by atoms with E-state index in [4.69, 9.17) is 5.14 Å². The maximum absolute atomic E-state index is 10.8. The zero-order valence-electron chi connectivity index (χ0n) is 6.45. The van der Waals surface area contributed by atoms with Crippen molar-refractivity contribution in [3.8, 4) is 0 Å². The molecule has 0 aromatic rings. The molecular weight excluding hydrogens is 166 g/mol. The maximum atomic E-state index is 10.8. The SMILES string of the molecule is CN[C@@H]1CCN(S(N)(=O)=O)C1. The van der Waals surface area contributed by atoms with Gasteiger partial charge < -0.3 is 5.32 Å². The van der Waals surface area contributed by atoms with Gasteiger partial charge in [0.1, 0.15) is 0 Å². The van der Waals surface area contributed by atoms with E-state index in [2.05, 4.69) is 5.32 Å². The lowest BCUT2D eigenvalue weighted by atomic mass is 10.3. The summed E-state index contributed by atoms with van der Waals surface area (Å²) >= 11 is 0. The first-order chi connectivity index (χ1) is 5.04. The second-order valence-corrected chi connectivity index (χ2v) is 4.22. The minimum Gasteiger partial charge on any atom is -0.316 e. The van der Waals surface area contributed by atoms with Crippen molar-refractivity contribution in [2.24, 2.45) is 5.14 Å². The van der Waals surface area contributed by atoms with Gasteiger partial charge in [-0.3, -0.25) is 0 Å². The fraction of sp³-hybridized carbons (Fsp3) is 1.00. The van der Waals surface area contributed by atoms with Crippen molar-refractivity contribution in [3.63, 3.8) is 0 Å². The molecule has 0 aromatic carbocycles. The normalized spacial score (nSPS) is 27.6. The van der Waals surface area contributed by atoms with Crippen LogP contribution in [0.25, 0.3) is 0 Å². The van der Waals surface area contributed by atoms with Gasteiger partial charge in [0.25, 0.3) is 10.2 Å². The Hall–Kier alpha value is -0.170. The summed E-state index contributed by atoms with van der Waals surface area (Å²) in [5.41, 5.74) is 0. The number of nitrogens with one attached hydrogen (secondary N) is 1. The summed E-state index contributed by atoms with van der Waals surface area (Å²) in [4.78, 5) is 0. The summed E-state index contributed by atoms with van der Waals surface area (Å²) in [7, 11) is -1.64. The van der Waals surface area contributed by atoms with Gasteiger partial charge in [-0.15, -0.1) is 0 Å². The molecule has 66 valence electrons. The molecule has 1 saturated heterocycles. The van der Waals surface area contributed by atoms with Crippen LogP contribution in [0, 0.1) is 0 Å². The van der Waals surface area contributed by atoms with Gasteiger partial charge in [0.05, 0.1) is 0 Å². The zero-order valence-corrected chi connectivity index (χ0v) is 7.26. The molecule has 6 heteroatoms. The fourth-order valence-electron chi connectivity index (χ4n) is 1.19. The summed E-state index contributed by atoms with van der Waals surface area (Å²) in [6.45, 7) is 1.03. The zero-order chi connectivity index (χ0) is 8.48. The Morgan fingerprint density at radius 3 is 2.55 bits per heavy atom. The molecular formula is C5H13N3O2S. The van der Waals surface area contributed by atoms with Gasteiger partial charge in [0.2, 0.25) is 0 Å². The van der Waals surface area contributed by atoms with Crippen LogP contribution in [-0.4, -0.2) is 38.9 Å². The van der Waals surface area contributed by atoms with Crippen molar-refractivity contribution in [1.29, 1.82) is 0 Å². The van der Waals surface area contributed by atoms with E-state index in [1.807, 2.05) is 7.05 Å². The van der Waals surface area contributed by atoms with E-state index in [-0.39, 0.29) is 6.04 Å². The first-order valence-electron chi connectivity index (χ1n) is 3.49. The molecule has 0 radical (unpaired) electrons. The molecule has 1 aliphatic heterocycles. The molecule has 0 amide bonds. The average Bonchev–Trinajstić information content (AvgIpc) is 2.32. The van der Waals surface area contributed by atoms with Gasteiger partial charge in [-0.2, -0.15) is 12.7 Å². The Kier molecular flexibility index (Phi) is 2.48. The van der Waals surface area contributed by atoms with E-state index in [1.165, 1.54) is 4.31 Å². The third-order valence-corrected chi connectivity index (χ3v) is 2.97. The molecule has 0 spiro atoms. The van der Waals surface area contributed by atoms with E-state index in [0.29, 0.717) is 13.1 Å². The smallest absolute Gasteiger partial charge is 0.276 e. The van der Waals surface area contributed by atoms with Crippen LogP contribution in [0.3, 0.4) is 0 Å². The maximum Gasteiger partial charge on any atom is 0.276 e. The quantitative estimate of drug-likeness (QED) is 0.541. The highest BCUT2D eigenvalue weighted by molar-refractivity contribution is 7.86. The molecule has 1 atom stereocenters. The standard InChI is InChI=1S/C5H13N3O2S/c1-7-5-2-3-8(4-5)11(6,9)10/h5,7H,2-4H2,1H3,(H2,6,9,10)/t5-/m1/s1.